The Kier molecular flexibility index (Phi) is 5.29. The summed E-state index contributed by atoms with van der Waals surface area (Å²) in [7, 11) is 0. The predicted octanol–water partition coefficient (Wildman–Crippen LogP) is 2.55. The van der Waals surface area contributed by atoms with Crippen LogP contribution in [0.5, 0.6) is 0 Å². The summed E-state index contributed by atoms with van der Waals surface area (Å²) in [6.07, 6.45) is 4.08. The lowest BCUT2D eigenvalue weighted by Gasteiger charge is -2.35. The number of ether oxygens (including phenoxy) is 1. The maximum Gasteiger partial charge on any atom is 0.223 e. The lowest BCUT2D eigenvalue weighted by Crippen LogP contribution is -2.50. The Morgan fingerprint density at radius 1 is 1.24 bits per heavy atom. The van der Waals surface area contributed by atoms with Crippen LogP contribution in [0.2, 0.25) is 0 Å². The van der Waals surface area contributed by atoms with Crippen molar-refractivity contribution >= 4 is 27.5 Å². The van der Waals surface area contributed by atoms with E-state index < -0.39 is 0 Å². The van der Waals surface area contributed by atoms with Crippen molar-refractivity contribution in [3.8, 4) is 0 Å². The summed E-state index contributed by atoms with van der Waals surface area (Å²) in [6, 6.07) is 8.16. The molecular weight excluding hydrogens is 334 g/mol. The minimum absolute atomic E-state index is 0.260. The van der Waals surface area contributed by atoms with Gasteiger partial charge in [0.05, 0.1) is 21.3 Å². The van der Waals surface area contributed by atoms with Gasteiger partial charge in [0.25, 0.3) is 0 Å². The Morgan fingerprint density at radius 3 is 2.84 bits per heavy atom. The van der Waals surface area contributed by atoms with Gasteiger partial charge in [-0.2, -0.15) is 0 Å². The molecule has 2 aromatic rings. The summed E-state index contributed by atoms with van der Waals surface area (Å²) in [5.74, 6) is 0.260. The fraction of sp³-hybridized carbons (Fsp3) is 0.579. The molecule has 1 unspecified atom stereocenters. The number of para-hydroxylation sites is 1. The molecule has 5 nitrogen and oxygen atoms in total. The van der Waals surface area contributed by atoms with E-state index in [1.807, 2.05) is 23.1 Å². The van der Waals surface area contributed by atoms with Crippen molar-refractivity contribution in [1.29, 1.82) is 0 Å². The average Bonchev–Trinajstić information content (AvgIpc) is 3.29. The summed E-state index contributed by atoms with van der Waals surface area (Å²) in [5, 5.41) is 1.06. The van der Waals surface area contributed by atoms with Crippen molar-refractivity contribution in [2.45, 2.75) is 31.8 Å². The number of fused-ring (bicyclic) bond motifs is 1. The molecule has 0 radical (unpaired) electrons. The normalized spacial score (nSPS) is 21.9. The van der Waals surface area contributed by atoms with Crippen molar-refractivity contribution < 1.29 is 9.53 Å². The molecule has 2 saturated heterocycles. The van der Waals surface area contributed by atoms with E-state index in [0.29, 0.717) is 12.5 Å². The van der Waals surface area contributed by atoms with E-state index in [4.69, 9.17) is 4.74 Å². The summed E-state index contributed by atoms with van der Waals surface area (Å²) in [6.45, 7) is 5.54. The first-order valence-corrected chi connectivity index (χ1v) is 10.1. The molecule has 4 rings (SSSR count). The molecule has 3 heterocycles. The van der Waals surface area contributed by atoms with Gasteiger partial charge in [0.15, 0.2) is 0 Å². The Labute approximate surface area is 152 Å². The van der Waals surface area contributed by atoms with Gasteiger partial charge in [-0.15, -0.1) is 11.3 Å². The SMILES string of the molecule is O=C(CCc1nc2ccccc2s1)N1CCN(CC2CCCO2)CC1. The number of amides is 1. The summed E-state index contributed by atoms with van der Waals surface area (Å²) >= 11 is 1.70. The highest BCUT2D eigenvalue weighted by Crippen LogP contribution is 2.22. The number of nitrogens with zero attached hydrogens (tertiary/aromatic N) is 3. The Hall–Kier alpha value is -1.50. The van der Waals surface area contributed by atoms with Crippen molar-refractivity contribution in [1.82, 2.24) is 14.8 Å². The molecule has 1 aromatic heterocycles. The minimum Gasteiger partial charge on any atom is -0.377 e. The van der Waals surface area contributed by atoms with Crippen LogP contribution < -0.4 is 0 Å². The lowest BCUT2D eigenvalue weighted by molar-refractivity contribution is -0.133. The maximum atomic E-state index is 12.5. The van der Waals surface area contributed by atoms with Crippen LogP contribution in [0, 0.1) is 0 Å². The van der Waals surface area contributed by atoms with E-state index in [0.717, 1.165) is 56.3 Å². The van der Waals surface area contributed by atoms with Crippen LogP contribution in [0.3, 0.4) is 0 Å². The first-order chi connectivity index (χ1) is 12.3. The highest BCUT2D eigenvalue weighted by Gasteiger charge is 2.24. The van der Waals surface area contributed by atoms with Crippen LogP contribution in [-0.4, -0.2) is 66.1 Å². The average molecular weight is 359 g/mol. The van der Waals surface area contributed by atoms with E-state index in [2.05, 4.69) is 16.0 Å². The molecule has 2 aliphatic heterocycles. The maximum absolute atomic E-state index is 12.5. The molecule has 0 spiro atoms. The highest BCUT2D eigenvalue weighted by atomic mass is 32.1. The van der Waals surface area contributed by atoms with Crippen LogP contribution in [-0.2, 0) is 16.0 Å². The molecule has 2 fully saturated rings. The number of benzene rings is 1. The molecular formula is C19H25N3O2S. The van der Waals surface area contributed by atoms with Crippen molar-refractivity contribution in [2.75, 3.05) is 39.3 Å². The quantitative estimate of drug-likeness (QED) is 0.823. The fourth-order valence-electron chi connectivity index (χ4n) is 3.66. The largest absolute Gasteiger partial charge is 0.377 e. The fourth-order valence-corrected chi connectivity index (χ4v) is 4.62. The molecule has 6 heteroatoms. The zero-order valence-electron chi connectivity index (χ0n) is 14.5. The molecule has 0 N–H and O–H groups in total. The van der Waals surface area contributed by atoms with Gasteiger partial charge in [-0.1, -0.05) is 12.1 Å². The number of aryl methyl sites for hydroxylation is 1. The third-order valence-corrected chi connectivity index (χ3v) is 6.20. The second kappa shape index (κ2) is 7.81. The second-order valence-electron chi connectivity index (χ2n) is 6.89. The van der Waals surface area contributed by atoms with Gasteiger partial charge in [-0.25, -0.2) is 4.98 Å². The third kappa shape index (κ3) is 4.19. The van der Waals surface area contributed by atoms with Crippen LogP contribution in [0.4, 0.5) is 0 Å². The summed E-state index contributed by atoms with van der Waals surface area (Å²) < 4.78 is 6.92. The molecule has 2 aliphatic rings. The zero-order chi connectivity index (χ0) is 17.1. The minimum atomic E-state index is 0.260. The number of carbonyl (C=O) groups excluding carboxylic acids is 1. The van der Waals surface area contributed by atoms with E-state index in [1.165, 1.54) is 17.5 Å². The van der Waals surface area contributed by atoms with Gasteiger partial charge >= 0.3 is 0 Å². The Balaban J connectivity index is 1.23. The first kappa shape index (κ1) is 16.9. The van der Waals surface area contributed by atoms with Crippen molar-refractivity contribution in [2.24, 2.45) is 0 Å². The zero-order valence-corrected chi connectivity index (χ0v) is 15.3. The number of hydrogen-bond donors (Lipinski definition) is 0. The lowest BCUT2D eigenvalue weighted by atomic mass is 10.2. The van der Waals surface area contributed by atoms with Crippen LogP contribution >= 0.6 is 11.3 Å². The van der Waals surface area contributed by atoms with Gasteiger partial charge in [-0.05, 0) is 25.0 Å². The van der Waals surface area contributed by atoms with Crippen LogP contribution in [0.15, 0.2) is 24.3 Å². The van der Waals surface area contributed by atoms with Crippen molar-refractivity contribution in [3.05, 3.63) is 29.3 Å². The van der Waals surface area contributed by atoms with E-state index in [-0.39, 0.29) is 5.91 Å². The standard InChI is InChI=1S/C19H25N3O2S/c23-19(8-7-18-20-16-5-1-2-6-17(16)25-18)22-11-9-21(10-12-22)14-15-4-3-13-24-15/h1-2,5-6,15H,3-4,7-14H2. The first-order valence-electron chi connectivity index (χ1n) is 9.24. The number of thiazole rings is 1. The third-order valence-electron chi connectivity index (χ3n) is 5.10. The number of hydrogen-bond acceptors (Lipinski definition) is 5. The van der Waals surface area contributed by atoms with Crippen LogP contribution in [0.25, 0.3) is 10.2 Å². The van der Waals surface area contributed by atoms with Crippen molar-refractivity contribution in [3.63, 3.8) is 0 Å². The molecule has 0 bridgehead atoms. The molecule has 0 saturated carbocycles. The number of rotatable bonds is 5. The van der Waals surface area contributed by atoms with E-state index in [9.17, 15) is 4.79 Å². The number of carbonyl (C=O) groups is 1. The molecule has 1 amide bonds. The van der Waals surface area contributed by atoms with Gasteiger partial charge < -0.3 is 9.64 Å². The number of aromatic nitrogens is 1. The molecule has 1 aromatic carbocycles. The Bertz CT molecular complexity index is 685. The highest BCUT2D eigenvalue weighted by molar-refractivity contribution is 7.18. The summed E-state index contributed by atoms with van der Waals surface area (Å²) in [5.41, 5.74) is 1.04. The topological polar surface area (TPSA) is 45.7 Å². The van der Waals surface area contributed by atoms with Crippen LogP contribution in [0.1, 0.15) is 24.3 Å². The summed E-state index contributed by atoms with van der Waals surface area (Å²) in [4.78, 5) is 21.6. The van der Waals surface area contributed by atoms with E-state index >= 15 is 0 Å². The smallest absolute Gasteiger partial charge is 0.223 e. The number of piperazine rings is 1. The second-order valence-corrected chi connectivity index (χ2v) is 8.01. The van der Waals surface area contributed by atoms with Gasteiger partial charge in [0.2, 0.25) is 5.91 Å². The monoisotopic (exact) mass is 359 g/mol. The van der Waals surface area contributed by atoms with E-state index in [1.54, 1.807) is 11.3 Å². The Morgan fingerprint density at radius 2 is 2.08 bits per heavy atom. The van der Waals surface area contributed by atoms with Gasteiger partial charge in [0, 0.05) is 52.2 Å². The predicted molar refractivity (Wildman–Crippen MR) is 99.9 cm³/mol. The molecule has 1 atom stereocenters. The van der Waals surface area contributed by atoms with Gasteiger partial charge in [0.1, 0.15) is 0 Å². The molecule has 25 heavy (non-hydrogen) atoms. The molecule has 134 valence electrons. The van der Waals surface area contributed by atoms with Gasteiger partial charge in [-0.3, -0.25) is 9.69 Å². The molecule has 0 aliphatic carbocycles.